The third-order valence-corrected chi connectivity index (χ3v) is 3.67. The van der Waals surface area contributed by atoms with E-state index >= 15 is 0 Å². The van der Waals surface area contributed by atoms with Gasteiger partial charge in [-0.05, 0) is 24.2 Å². The van der Waals surface area contributed by atoms with E-state index in [0.29, 0.717) is 6.54 Å². The number of ether oxygens (including phenoxy) is 1. The molecule has 1 fully saturated rings. The van der Waals surface area contributed by atoms with E-state index in [1.807, 2.05) is 6.92 Å². The number of aliphatic carboxylic acids is 1. The van der Waals surface area contributed by atoms with Crippen molar-refractivity contribution in [2.45, 2.75) is 19.5 Å². The van der Waals surface area contributed by atoms with E-state index in [9.17, 15) is 18.0 Å². The predicted molar refractivity (Wildman–Crippen MR) is 68.1 cm³/mol. The molecule has 2 rings (SSSR count). The van der Waals surface area contributed by atoms with Crippen LogP contribution in [0, 0.1) is 23.4 Å². The van der Waals surface area contributed by atoms with Crippen molar-refractivity contribution in [3.8, 4) is 0 Å². The highest BCUT2D eigenvalue weighted by Crippen LogP contribution is 2.23. The van der Waals surface area contributed by atoms with Crippen molar-refractivity contribution >= 4 is 5.97 Å². The van der Waals surface area contributed by atoms with Crippen molar-refractivity contribution in [3.05, 3.63) is 35.1 Å². The number of benzene rings is 1. The summed E-state index contributed by atoms with van der Waals surface area (Å²) in [5.41, 5.74) is 0.254. The van der Waals surface area contributed by atoms with Crippen LogP contribution in [0.25, 0.3) is 0 Å². The van der Waals surface area contributed by atoms with E-state index in [0.717, 1.165) is 12.1 Å². The fourth-order valence-corrected chi connectivity index (χ4v) is 2.54. The maximum atomic E-state index is 13.2. The summed E-state index contributed by atoms with van der Waals surface area (Å²) >= 11 is 0. The molecule has 1 aliphatic heterocycles. The molecule has 1 aliphatic rings. The fourth-order valence-electron chi connectivity index (χ4n) is 2.54. The van der Waals surface area contributed by atoms with Crippen LogP contribution in [-0.2, 0) is 16.1 Å². The minimum absolute atomic E-state index is 0.114. The van der Waals surface area contributed by atoms with Crippen LogP contribution in [-0.4, -0.2) is 41.8 Å². The Bertz CT molecular complexity index is 515. The maximum Gasteiger partial charge on any atom is 0.310 e. The minimum atomic E-state index is -1.51. The van der Waals surface area contributed by atoms with Crippen LogP contribution < -0.4 is 0 Å². The first kappa shape index (κ1) is 15.8. The summed E-state index contributed by atoms with van der Waals surface area (Å²) in [5, 5.41) is 9.14. The summed E-state index contributed by atoms with van der Waals surface area (Å²) in [6.07, 6.45) is 0. The Labute approximate surface area is 120 Å². The van der Waals surface area contributed by atoms with Crippen LogP contribution in [0.3, 0.4) is 0 Å². The number of carboxylic acids is 1. The highest BCUT2D eigenvalue weighted by molar-refractivity contribution is 5.71. The van der Waals surface area contributed by atoms with Crippen LogP contribution >= 0.6 is 0 Å². The van der Waals surface area contributed by atoms with Gasteiger partial charge in [0.25, 0.3) is 0 Å². The zero-order valence-corrected chi connectivity index (χ0v) is 11.5. The quantitative estimate of drug-likeness (QED) is 0.846. The molecule has 4 nitrogen and oxygen atoms in total. The highest BCUT2D eigenvalue weighted by atomic mass is 19.2. The second-order valence-corrected chi connectivity index (χ2v) is 4.99. The van der Waals surface area contributed by atoms with Gasteiger partial charge < -0.3 is 9.84 Å². The number of rotatable bonds is 5. The second kappa shape index (κ2) is 6.44. The predicted octanol–water partition coefficient (Wildman–Crippen LogP) is 2.03. The number of carboxylic acid groups (broad SMARTS) is 1. The topological polar surface area (TPSA) is 49.8 Å². The van der Waals surface area contributed by atoms with Crippen molar-refractivity contribution in [2.75, 3.05) is 19.8 Å². The van der Waals surface area contributed by atoms with Crippen molar-refractivity contribution in [1.29, 1.82) is 0 Å². The van der Waals surface area contributed by atoms with Gasteiger partial charge in [0.1, 0.15) is 0 Å². The lowest BCUT2D eigenvalue weighted by Gasteiger charge is -2.29. The van der Waals surface area contributed by atoms with E-state index < -0.39 is 29.3 Å². The maximum absolute atomic E-state index is 13.2. The minimum Gasteiger partial charge on any atom is -0.481 e. The van der Waals surface area contributed by atoms with E-state index in [1.165, 1.54) is 0 Å². The Morgan fingerprint density at radius 1 is 1.33 bits per heavy atom. The number of halogens is 3. The molecule has 116 valence electrons. The van der Waals surface area contributed by atoms with Crippen LogP contribution in [0.4, 0.5) is 13.2 Å². The number of likely N-dealkylation sites (N-methyl/N-ethyl adjacent to an activating group) is 1. The SMILES string of the molecule is CCN(Cc1cc(F)c(F)c(F)c1)C1COCC1C(=O)O. The van der Waals surface area contributed by atoms with Gasteiger partial charge in [-0.15, -0.1) is 0 Å². The van der Waals surface area contributed by atoms with Gasteiger partial charge in [0.05, 0.1) is 19.1 Å². The molecule has 0 spiro atoms. The Kier molecular flexibility index (Phi) is 4.84. The molecule has 0 aliphatic carbocycles. The fraction of sp³-hybridized carbons (Fsp3) is 0.500. The Morgan fingerprint density at radius 3 is 2.48 bits per heavy atom. The lowest BCUT2D eigenvalue weighted by atomic mass is 10.0. The van der Waals surface area contributed by atoms with Crippen LogP contribution in [0.2, 0.25) is 0 Å². The molecule has 0 bridgehead atoms. The van der Waals surface area contributed by atoms with Gasteiger partial charge in [0, 0.05) is 12.6 Å². The third kappa shape index (κ3) is 3.36. The molecule has 0 saturated carbocycles. The van der Waals surface area contributed by atoms with Gasteiger partial charge in [0.15, 0.2) is 17.5 Å². The summed E-state index contributed by atoms with van der Waals surface area (Å²) < 4.78 is 44.6. The van der Waals surface area contributed by atoms with E-state index in [-0.39, 0.29) is 31.4 Å². The Balaban J connectivity index is 2.17. The number of hydrogen-bond donors (Lipinski definition) is 1. The van der Waals surface area contributed by atoms with E-state index in [1.54, 1.807) is 4.90 Å². The second-order valence-electron chi connectivity index (χ2n) is 4.99. The normalized spacial score (nSPS) is 22.0. The first-order valence-electron chi connectivity index (χ1n) is 6.62. The molecule has 1 aromatic rings. The van der Waals surface area contributed by atoms with Gasteiger partial charge in [0.2, 0.25) is 0 Å². The van der Waals surface area contributed by atoms with Gasteiger partial charge in [-0.3, -0.25) is 9.69 Å². The summed E-state index contributed by atoms with van der Waals surface area (Å²) in [6, 6.07) is 1.47. The summed E-state index contributed by atoms with van der Waals surface area (Å²) in [7, 11) is 0. The average molecular weight is 303 g/mol. The van der Waals surface area contributed by atoms with E-state index in [2.05, 4.69) is 0 Å². The molecule has 2 atom stereocenters. The smallest absolute Gasteiger partial charge is 0.310 e. The molecule has 1 saturated heterocycles. The molecule has 7 heteroatoms. The molecular formula is C14H16F3NO3. The van der Waals surface area contributed by atoms with Gasteiger partial charge in [-0.2, -0.15) is 0 Å². The Hall–Kier alpha value is -1.60. The van der Waals surface area contributed by atoms with Crippen molar-refractivity contribution in [3.63, 3.8) is 0 Å². The van der Waals surface area contributed by atoms with Crippen molar-refractivity contribution in [2.24, 2.45) is 5.92 Å². The molecule has 2 unspecified atom stereocenters. The monoisotopic (exact) mass is 303 g/mol. The van der Waals surface area contributed by atoms with Gasteiger partial charge in [-0.1, -0.05) is 6.92 Å². The number of carbonyl (C=O) groups is 1. The molecule has 1 N–H and O–H groups in total. The summed E-state index contributed by atoms with van der Waals surface area (Å²) in [4.78, 5) is 12.9. The van der Waals surface area contributed by atoms with Crippen LogP contribution in [0.5, 0.6) is 0 Å². The van der Waals surface area contributed by atoms with Crippen molar-refractivity contribution < 1.29 is 27.8 Å². The lowest BCUT2D eigenvalue weighted by Crippen LogP contribution is -2.42. The zero-order valence-electron chi connectivity index (χ0n) is 11.5. The molecule has 1 aromatic carbocycles. The summed E-state index contributed by atoms with van der Waals surface area (Å²) in [6.45, 7) is 2.79. The van der Waals surface area contributed by atoms with Crippen LogP contribution in [0.1, 0.15) is 12.5 Å². The Morgan fingerprint density at radius 2 is 1.95 bits per heavy atom. The molecular weight excluding hydrogens is 287 g/mol. The number of hydrogen-bond acceptors (Lipinski definition) is 3. The third-order valence-electron chi connectivity index (χ3n) is 3.67. The van der Waals surface area contributed by atoms with Crippen LogP contribution in [0.15, 0.2) is 12.1 Å². The first-order chi connectivity index (χ1) is 9.93. The molecule has 0 amide bonds. The van der Waals surface area contributed by atoms with Gasteiger partial charge >= 0.3 is 5.97 Å². The zero-order chi connectivity index (χ0) is 15.6. The molecule has 0 aromatic heterocycles. The van der Waals surface area contributed by atoms with Gasteiger partial charge in [-0.25, -0.2) is 13.2 Å². The average Bonchev–Trinajstić information content (AvgIpc) is 2.91. The molecule has 0 radical (unpaired) electrons. The summed E-state index contributed by atoms with van der Waals surface area (Å²) in [5.74, 6) is -5.65. The standard InChI is InChI=1S/C14H16F3NO3/c1-2-18(12-7-21-6-9(12)14(19)20)5-8-3-10(15)13(17)11(16)4-8/h3-4,9,12H,2,5-7H2,1H3,(H,19,20). The van der Waals surface area contributed by atoms with Crippen molar-refractivity contribution in [1.82, 2.24) is 4.90 Å². The molecule has 1 heterocycles. The van der Waals surface area contributed by atoms with E-state index in [4.69, 9.17) is 9.84 Å². The lowest BCUT2D eigenvalue weighted by molar-refractivity contribution is -0.143. The molecule has 21 heavy (non-hydrogen) atoms. The highest BCUT2D eigenvalue weighted by Gasteiger charge is 2.37. The number of nitrogens with zero attached hydrogens (tertiary/aromatic N) is 1. The largest absolute Gasteiger partial charge is 0.481 e. The first-order valence-corrected chi connectivity index (χ1v) is 6.62.